The van der Waals surface area contributed by atoms with Crippen LogP contribution in [0, 0.1) is 23.2 Å². The number of unbranched alkanes of at least 4 members (excludes halogenated alkanes) is 3. The normalized spacial score (nSPS) is 9.57. The van der Waals surface area contributed by atoms with E-state index in [1.165, 1.54) is 19.3 Å². The third kappa shape index (κ3) is 5.89. The van der Waals surface area contributed by atoms with Crippen LogP contribution in [0.3, 0.4) is 0 Å². The maximum atomic E-state index is 8.77. The Morgan fingerprint density at radius 2 is 1.35 bits per heavy atom. The standard InChI is InChI=1S/C21H21NO/c1-2-3-4-5-16-23-21-14-12-19(13-15-21)7-6-18-8-10-20(17-22)11-9-18/h8-15H,2-5,16H2,1H3. The van der Waals surface area contributed by atoms with E-state index in [0.717, 1.165) is 29.9 Å². The molecule has 2 aromatic rings. The predicted octanol–water partition coefficient (Wildman–Crippen LogP) is 4.92. The number of benzene rings is 2. The number of hydrogen-bond acceptors (Lipinski definition) is 2. The molecule has 0 N–H and O–H groups in total. The third-order valence-corrected chi connectivity index (χ3v) is 3.49. The van der Waals surface area contributed by atoms with Gasteiger partial charge >= 0.3 is 0 Å². The maximum absolute atomic E-state index is 8.77. The zero-order valence-corrected chi connectivity index (χ0v) is 13.5. The summed E-state index contributed by atoms with van der Waals surface area (Å²) in [5.41, 5.74) is 2.50. The topological polar surface area (TPSA) is 33.0 Å². The average Bonchev–Trinajstić information content (AvgIpc) is 2.61. The zero-order valence-electron chi connectivity index (χ0n) is 13.5. The summed E-state index contributed by atoms with van der Waals surface area (Å²) in [5.74, 6) is 7.11. The van der Waals surface area contributed by atoms with Crippen molar-refractivity contribution in [3.05, 3.63) is 65.2 Å². The molecule has 2 nitrogen and oxygen atoms in total. The number of hydrogen-bond donors (Lipinski definition) is 0. The van der Waals surface area contributed by atoms with Crippen molar-refractivity contribution < 1.29 is 4.74 Å². The van der Waals surface area contributed by atoms with E-state index in [2.05, 4.69) is 24.8 Å². The van der Waals surface area contributed by atoms with Crippen LogP contribution >= 0.6 is 0 Å². The molecule has 0 fully saturated rings. The van der Waals surface area contributed by atoms with Gasteiger partial charge in [-0.2, -0.15) is 5.26 Å². The molecule has 2 aromatic carbocycles. The van der Waals surface area contributed by atoms with Crippen molar-refractivity contribution in [3.8, 4) is 23.7 Å². The van der Waals surface area contributed by atoms with Gasteiger partial charge in [0.2, 0.25) is 0 Å². The number of rotatable bonds is 6. The van der Waals surface area contributed by atoms with Gasteiger partial charge in [0.25, 0.3) is 0 Å². The molecule has 23 heavy (non-hydrogen) atoms. The summed E-state index contributed by atoms with van der Waals surface area (Å²) in [6.07, 6.45) is 4.85. The smallest absolute Gasteiger partial charge is 0.119 e. The average molecular weight is 303 g/mol. The summed E-state index contributed by atoms with van der Waals surface area (Å²) in [6.45, 7) is 2.98. The van der Waals surface area contributed by atoms with E-state index in [0.29, 0.717) is 5.56 Å². The Balaban J connectivity index is 1.87. The summed E-state index contributed by atoms with van der Waals surface area (Å²) >= 11 is 0. The van der Waals surface area contributed by atoms with Gasteiger partial charge in [-0.15, -0.1) is 0 Å². The van der Waals surface area contributed by atoms with Gasteiger partial charge in [-0.3, -0.25) is 0 Å². The molecule has 0 saturated carbocycles. The third-order valence-electron chi connectivity index (χ3n) is 3.49. The van der Waals surface area contributed by atoms with Crippen LogP contribution in [0.2, 0.25) is 0 Å². The van der Waals surface area contributed by atoms with E-state index < -0.39 is 0 Å². The molecule has 0 heterocycles. The summed E-state index contributed by atoms with van der Waals surface area (Å²) in [5, 5.41) is 8.77. The Kier molecular flexibility index (Phi) is 6.76. The monoisotopic (exact) mass is 303 g/mol. The van der Waals surface area contributed by atoms with Crippen LogP contribution in [0.25, 0.3) is 0 Å². The molecule has 0 aromatic heterocycles. The Morgan fingerprint density at radius 1 is 0.783 bits per heavy atom. The number of ether oxygens (including phenoxy) is 1. The van der Waals surface area contributed by atoms with Crippen LogP contribution in [0.4, 0.5) is 0 Å². The Hall–Kier alpha value is -2.71. The quantitative estimate of drug-likeness (QED) is 0.560. The van der Waals surface area contributed by atoms with Crippen LogP contribution in [-0.4, -0.2) is 6.61 Å². The minimum Gasteiger partial charge on any atom is -0.494 e. The SMILES string of the molecule is CCCCCCOc1ccc(C#Cc2ccc(C#N)cc2)cc1. The van der Waals surface area contributed by atoms with E-state index >= 15 is 0 Å². The van der Waals surface area contributed by atoms with Gasteiger partial charge in [-0.05, 0) is 55.0 Å². The zero-order chi connectivity index (χ0) is 16.3. The van der Waals surface area contributed by atoms with E-state index in [9.17, 15) is 0 Å². The van der Waals surface area contributed by atoms with Gasteiger partial charge < -0.3 is 4.74 Å². The second-order valence-corrected chi connectivity index (χ2v) is 5.37. The lowest BCUT2D eigenvalue weighted by Crippen LogP contribution is -1.96. The van der Waals surface area contributed by atoms with E-state index in [4.69, 9.17) is 10.00 Å². The first-order valence-corrected chi connectivity index (χ1v) is 8.07. The molecule has 0 bridgehead atoms. The molecule has 0 aliphatic heterocycles. The van der Waals surface area contributed by atoms with E-state index in [-0.39, 0.29) is 0 Å². The summed E-state index contributed by atoms with van der Waals surface area (Å²) < 4.78 is 5.72. The maximum Gasteiger partial charge on any atom is 0.119 e. The second kappa shape index (κ2) is 9.34. The van der Waals surface area contributed by atoms with Crippen molar-refractivity contribution in [1.29, 1.82) is 5.26 Å². The summed E-state index contributed by atoms with van der Waals surface area (Å²) in [4.78, 5) is 0. The lowest BCUT2D eigenvalue weighted by molar-refractivity contribution is 0.305. The van der Waals surface area contributed by atoms with Gasteiger partial charge in [0.05, 0.1) is 18.2 Å². The van der Waals surface area contributed by atoms with Crippen molar-refractivity contribution in [1.82, 2.24) is 0 Å². The highest BCUT2D eigenvalue weighted by Crippen LogP contribution is 2.13. The molecule has 0 saturated heterocycles. The van der Waals surface area contributed by atoms with Crippen LogP contribution < -0.4 is 4.74 Å². The molecule has 2 rings (SSSR count). The second-order valence-electron chi connectivity index (χ2n) is 5.37. The summed E-state index contributed by atoms with van der Waals surface area (Å²) in [7, 11) is 0. The molecular weight excluding hydrogens is 282 g/mol. The minimum absolute atomic E-state index is 0.649. The molecule has 0 aliphatic rings. The van der Waals surface area contributed by atoms with Crippen molar-refractivity contribution in [2.75, 3.05) is 6.61 Å². The number of nitriles is 1. The van der Waals surface area contributed by atoms with Crippen LogP contribution in [0.1, 0.15) is 49.3 Å². The highest BCUT2D eigenvalue weighted by Gasteiger charge is 1.95. The fourth-order valence-electron chi connectivity index (χ4n) is 2.13. The molecule has 0 radical (unpaired) electrons. The number of nitrogens with zero attached hydrogens (tertiary/aromatic N) is 1. The Labute approximate surface area is 138 Å². The molecule has 0 amide bonds. The van der Waals surface area contributed by atoms with Crippen LogP contribution in [0.5, 0.6) is 5.75 Å². The first-order chi connectivity index (χ1) is 11.3. The van der Waals surface area contributed by atoms with Crippen molar-refractivity contribution >= 4 is 0 Å². The minimum atomic E-state index is 0.649. The highest BCUT2D eigenvalue weighted by molar-refractivity contribution is 5.45. The lowest BCUT2D eigenvalue weighted by Gasteiger charge is -2.05. The first-order valence-electron chi connectivity index (χ1n) is 8.07. The van der Waals surface area contributed by atoms with Crippen LogP contribution in [-0.2, 0) is 0 Å². The van der Waals surface area contributed by atoms with Crippen molar-refractivity contribution in [2.45, 2.75) is 32.6 Å². The van der Waals surface area contributed by atoms with E-state index in [1.54, 1.807) is 12.1 Å². The predicted molar refractivity (Wildman–Crippen MR) is 93.2 cm³/mol. The lowest BCUT2D eigenvalue weighted by atomic mass is 10.1. The molecule has 0 unspecified atom stereocenters. The first kappa shape index (κ1) is 16.7. The van der Waals surface area contributed by atoms with Crippen molar-refractivity contribution in [2.24, 2.45) is 0 Å². The molecule has 116 valence electrons. The fourth-order valence-corrected chi connectivity index (χ4v) is 2.13. The molecular formula is C21H21NO. The highest BCUT2D eigenvalue weighted by atomic mass is 16.5. The Bertz CT molecular complexity index is 697. The van der Waals surface area contributed by atoms with Gasteiger partial charge in [0, 0.05) is 11.1 Å². The van der Waals surface area contributed by atoms with Crippen molar-refractivity contribution in [3.63, 3.8) is 0 Å². The molecule has 0 aliphatic carbocycles. The van der Waals surface area contributed by atoms with Gasteiger partial charge in [0.1, 0.15) is 5.75 Å². The van der Waals surface area contributed by atoms with Crippen LogP contribution in [0.15, 0.2) is 48.5 Å². The summed E-state index contributed by atoms with van der Waals surface area (Å²) in [6, 6.07) is 17.2. The molecule has 2 heteroatoms. The molecule has 0 spiro atoms. The largest absolute Gasteiger partial charge is 0.494 e. The van der Waals surface area contributed by atoms with Gasteiger partial charge in [-0.1, -0.05) is 38.0 Å². The fraction of sp³-hybridized carbons (Fsp3) is 0.286. The van der Waals surface area contributed by atoms with Gasteiger partial charge in [-0.25, -0.2) is 0 Å². The van der Waals surface area contributed by atoms with E-state index in [1.807, 2.05) is 36.4 Å². The van der Waals surface area contributed by atoms with Gasteiger partial charge in [0.15, 0.2) is 0 Å². The molecule has 0 atom stereocenters. The Morgan fingerprint density at radius 3 is 1.91 bits per heavy atom.